The maximum atomic E-state index is 4.06. The molecule has 0 aromatic rings. The van der Waals surface area contributed by atoms with E-state index in [1.807, 2.05) is 0 Å². The van der Waals surface area contributed by atoms with E-state index in [4.69, 9.17) is 0 Å². The van der Waals surface area contributed by atoms with Crippen LogP contribution in [0.3, 0.4) is 0 Å². The zero-order chi connectivity index (χ0) is 6.85. The number of hydrogen-bond donors (Lipinski definition) is 0. The van der Waals surface area contributed by atoms with Crippen LogP contribution in [0.25, 0.3) is 0 Å². The minimum atomic E-state index is 0. The summed E-state index contributed by atoms with van der Waals surface area (Å²) in [6.45, 7) is 9.15. The molecule has 1 aliphatic rings. The molecule has 0 aromatic heterocycles. The molecule has 1 rings (SSSR count). The van der Waals surface area contributed by atoms with Crippen LogP contribution in [0.5, 0.6) is 0 Å². The molecule has 10 heavy (non-hydrogen) atoms. The van der Waals surface area contributed by atoms with E-state index in [2.05, 4.69) is 25.8 Å². The third-order valence-corrected chi connectivity index (χ3v) is 2.33. The summed E-state index contributed by atoms with van der Waals surface area (Å²) < 4.78 is 0. The van der Waals surface area contributed by atoms with Crippen LogP contribution in [0, 0.1) is 19.8 Å². The molecular formula is C8H15NY-2. The average molecular weight is 214 g/mol. The van der Waals surface area contributed by atoms with Gasteiger partial charge in [0.25, 0.3) is 0 Å². The average Bonchev–Trinajstić information content (AvgIpc) is 2.15. The molecule has 0 aliphatic carbocycles. The van der Waals surface area contributed by atoms with Crippen LogP contribution >= 0.6 is 0 Å². The molecule has 0 bridgehead atoms. The Labute approximate surface area is 89.4 Å². The van der Waals surface area contributed by atoms with Crippen LogP contribution in [-0.4, -0.2) is 24.5 Å². The van der Waals surface area contributed by atoms with Crippen molar-refractivity contribution >= 4 is 0 Å². The van der Waals surface area contributed by atoms with Gasteiger partial charge in [0.15, 0.2) is 0 Å². The summed E-state index contributed by atoms with van der Waals surface area (Å²) in [6, 6.07) is 0.516. The second-order valence-electron chi connectivity index (χ2n) is 2.89. The molecule has 2 heteroatoms. The molecule has 1 radical (unpaired) electrons. The second-order valence-corrected chi connectivity index (χ2v) is 2.89. The van der Waals surface area contributed by atoms with Gasteiger partial charge in [0.1, 0.15) is 0 Å². The van der Waals surface area contributed by atoms with Gasteiger partial charge in [-0.25, -0.2) is 0 Å². The van der Waals surface area contributed by atoms with Gasteiger partial charge in [-0.1, -0.05) is 5.92 Å². The summed E-state index contributed by atoms with van der Waals surface area (Å²) >= 11 is 0. The summed E-state index contributed by atoms with van der Waals surface area (Å²) in [6.07, 6.45) is 2.33. The summed E-state index contributed by atoms with van der Waals surface area (Å²) in [4.78, 5) is 2.30. The van der Waals surface area contributed by atoms with Crippen molar-refractivity contribution in [3.05, 3.63) is 13.8 Å². The third-order valence-electron chi connectivity index (χ3n) is 2.33. The Morgan fingerprint density at radius 1 is 1.60 bits per heavy atom. The first-order chi connectivity index (χ1) is 4.25. The second kappa shape index (κ2) is 4.84. The maximum absolute atomic E-state index is 4.06. The molecular weight excluding hydrogens is 199 g/mol. The van der Waals surface area contributed by atoms with Crippen molar-refractivity contribution < 1.29 is 32.7 Å². The number of rotatable bonds is 1. The van der Waals surface area contributed by atoms with Crippen molar-refractivity contribution in [1.82, 2.24) is 4.90 Å². The first kappa shape index (κ1) is 11.1. The normalized spacial score (nSPS) is 33.9. The fourth-order valence-electron chi connectivity index (χ4n) is 1.42. The molecule has 0 spiro atoms. The van der Waals surface area contributed by atoms with E-state index in [1.54, 1.807) is 0 Å². The SMILES string of the molecule is [CH2-]CC1CCN(C)C1[CH2-].[Y]. The molecule has 2 atom stereocenters. The van der Waals surface area contributed by atoms with Gasteiger partial charge in [0, 0.05) is 32.7 Å². The van der Waals surface area contributed by atoms with Gasteiger partial charge < -0.3 is 18.7 Å². The minimum absolute atomic E-state index is 0. The van der Waals surface area contributed by atoms with Gasteiger partial charge in [-0.15, -0.1) is 6.04 Å². The first-order valence-corrected chi connectivity index (χ1v) is 3.58. The van der Waals surface area contributed by atoms with Gasteiger partial charge in [0.05, 0.1) is 0 Å². The maximum Gasteiger partial charge on any atom is 0 e. The van der Waals surface area contributed by atoms with Crippen molar-refractivity contribution in [3.8, 4) is 0 Å². The molecule has 1 saturated heterocycles. The Balaban J connectivity index is 0.000000810. The molecule has 1 heterocycles. The zero-order valence-corrected chi connectivity index (χ0v) is 9.55. The van der Waals surface area contributed by atoms with Gasteiger partial charge >= 0.3 is 0 Å². The van der Waals surface area contributed by atoms with Crippen LogP contribution in [0.1, 0.15) is 12.8 Å². The van der Waals surface area contributed by atoms with Crippen LogP contribution in [-0.2, 0) is 32.7 Å². The van der Waals surface area contributed by atoms with Crippen molar-refractivity contribution in [3.63, 3.8) is 0 Å². The smallest absolute Gasteiger partial charge is 0 e. The monoisotopic (exact) mass is 214 g/mol. The molecule has 1 aliphatic heterocycles. The number of nitrogens with zero attached hydrogens (tertiary/aromatic N) is 1. The van der Waals surface area contributed by atoms with Crippen molar-refractivity contribution in [2.75, 3.05) is 13.6 Å². The Morgan fingerprint density at radius 3 is 2.40 bits per heavy atom. The Morgan fingerprint density at radius 2 is 2.20 bits per heavy atom. The molecule has 0 amide bonds. The zero-order valence-electron chi connectivity index (χ0n) is 6.71. The predicted octanol–water partition coefficient (Wildman–Crippen LogP) is 1.36. The summed E-state index contributed by atoms with van der Waals surface area (Å²) in [5.41, 5.74) is 0. The van der Waals surface area contributed by atoms with Crippen molar-refractivity contribution in [1.29, 1.82) is 0 Å². The van der Waals surface area contributed by atoms with Crippen molar-refractivity contribution in [2.45, 2.75) is 18.9 Å². The molecule has 2 unspecified atom stereocenters. The topological polar surface area (TPSA) is 3.24 Å². The fraction of sp³-hybridized carbons (Fsp3) is 0.750. The molecule has 0 N–H and O–H groups in total. The third kappa shape index (κ3) is 2.28. The van der Waals surface area contributed by atoms with E-state index in [0.29, 0.717) is 6.04 Å². The van der Waals surface area contributed by atoms with Crippen LogP contribution in [0.2, 0.25) is 0 Å². The standard InChI is InChI=1S/C8H15N.Y/c1-4-8-5-6-9(3)7(8)2;/h7-8H,1-2,4-6H2,3H3;/q-2;. The summed E-state index contributed by atoms with van der Waals surface area (Å²) in [5, 5.41) is 0. The minimum Gasteiger partial charge on any atom is -0.343 e. The fourth-order valence-corrected chi connectivity index (χ4v) is 1.42. The summed E-state index contributed by atoms with van der Waals surface area (Å²) in [5.74, 6) is 0.745. The number of likely N-dealkylation sites (tertiary alicyclic amines) is 1. The van der Waals surface area contributed by atoms with Crippen LogP contribution < -0.4 is 0 Å². The van der Waals surface area contributed by atoms with Gasteiger partial charge in [-0.05, 0) is 20.0 Å². The van der Waals surface area contributed by atoms with E-state index in [0.717, 1.165) is 12.3 Å². The first-order valence-electron chi connectivity index (χ1n) is 3.58. The summed E-state index contributed by atoms with van der Waals surface area (Å²) in [7, 11) is 2.13. The molecule has 1 nitrogen and oxygen atoms in total. The Kier molecular flexibility index (Phi) is 5.36. The van der Waals surface area contributed by atoms with Gasteiger partial charge in [0.2, 0.25) is 0 Å². The largest absolute Gasteiger partial charge is 0.343 e. The van der Waals surface area contributed by atoms with Gasteiger partial charge in [-0.2, -0.15) is 6.42 Å². The van der Waals surface area contributed by atoms with E-state index in [1.165, 1.54) is 13.0 Å². The Bertz CT molecular complexity index is 95.3. The Hall–Kier alpha value is 1.06. The molecule has 0 saturated carbocycles. The van der Waals surface area contributed by atoms with Crippen LogP contribution in [0.4, 0.5) is 0 Å². The van der Waals surface area contributed by atoms with E-state index >= 15 is 0 Å². The van der Waals surface area contributed by atoms with Crippen LogP contribution in [0.15, 0.2) is 0 Å². The molecule has 1 fully saturated rings. The molecule has 0 aromatic carbocycles. The quantitative estimate of drug-likeness (QED) is 0.596. The van der Waals surface area contributed by atoms with E-state index < -0.39 is 0 Å². The predicted molar refractivity (Wildman–Crippen MR) is 39.9 cm³/mol. The van der Waals surface area contributed by atoms with E-state index in [9.17, 15) is 0 Å². The van der Waals surface area contributed by atoms with Gasteiger partial charge in [-0.3, -0.25) is 0 Å². The molecule has 57 valence electrons. The van der Waals surface area contributed by atoms with Crippen molar-refractivity contribution in [2.24, 2.45) is 5.92 Å². The van der Waals surface area contributed by atoms with E-state index in [-0.39, 0.29) is 32.7 Å². The number of hydrogen-bond acceptors (Lipinski definition) is 1.